The van der Waals surface area contributed by atoms with Gasteiger partial charge in [-0.2, -0.15) is 0 Å². The van der Waals surface area contributed by atoms with Crippen molar-refractivity contribution < 1.29 is 0 Å². The van der Waals surface area contributed by atoms with E-state index in [1.54, 1.807) is 6.08 Å². The highest BCUT2D eigenvalue weighted by atomic mass is 14.9. The van der Waals surface area contributed by atoms with Gasteiger partial charge in [0.1, 0.15) is 0 Å². The average molecular weight is 160 g/mol. The van der Waals surface area contributed by atoms with Crippen LogP contribution in [0.2, 0.25) is 0 Å². The zero-order valence-electron chi connectivity index (χ0n) is 7.16. The number of nitrogens with one attached hydrogen (secondary N) is 1. The molecule has 0 aliphatic carbocycles. The highest BCUT2D eigenvalue weighted by molar-refractivity contribution is 5.14. The summed E-state index contributed by atoms with van der Waals surface area (Å²) in [5.74, 6) is 0. The molecule has 0 amide bonds. The van der Waals surface area contributed by atoms with E-state index in [-0.39, 0.29) is 6.04 Å². The molecular formula is C11H14N. The molecule has 0 aromatic heterocycles. The minimum atomic E-state index is 0.130. The smallest absolute Gasteiger partial charge is 0.0251 e. The quantitative estimate of drug-likeness (QED) is 0.665. The molecule has 0 aliphatic rings. The van der Waals surface area contributed by atoms with Crippen molar-refractivity contribution in [3.05, 3.63) is 55.5 Å². The normalized spacial score (nSPS) is 12.4. The lowest BCUT2D eigenvalue weighted by molar-refractivity contribution is 0.674. The van der Waals surface area contributed by atoms with Crippen LogP contribution in [0.4, 0.5) is 0 Å². The summed E-state index contributed by atoms with van der Waals surface area (Å²) in [5.41, 5.74) is 1.27. The molecule has 1 rings (SSSR count). The van der Waals surface area contributed by atoms with E-state index in [1.165, 1.54) is 5.56 Å². The Morgan fingerprint density at radius 3 is 2.58 bits per heavy atom. The fourth-order valence-electron chi connectivity index (χ4n) is 0.928. The average Bonchev–Trinajstić information content (AvgIpc) is 2.16. The minimum absolute atomic E-state index is 0.130. The number of hydrogen-bond acceptors (Lipinski definition) is 1. The maximum atomic E-state index is 3.84. The Labute approximate surface area is 74.1 Å². The van der Waals surface area contributed by atoms with Crippen molar-refractivity contribution in [1.29, 1.82) is 0 Å². The molecule has 12 heavy (non-hydrogen) atoms. The standard InChI is InChI=1S/C11H14N/c1-3-10(2)12-9-11-7-5-4-6-8-11/h3-8,10,12H,1-2,9H2. The molecular weight excluding hydrogens is 146 g/mol. The first-order valence-electron chi connectivity index (χ1n) is 4.06. The van der Waals surface area contributed by atoms with Gasteiger partial charge in [-0.3, -0.25) is 0 Å². The molecule has 1 aromatic carbocycles. The summed E-state index contributed by atoms with van der Waals surface area (Å²) in [4.78, 5) is 0. The number of hydrogen-bond donors (Lipinski definition) is 1. The van der Waals surface area contributed by atoms with Crippen LogP contribution in [0.25, 0.3) is 0 Å². The van der Waals surface area contributed by atoms with Crippen LogP contribution in [-0.4, -0.2) is 6.04 Å². The van der Waals surface area contributed by atoms with Gasteiger partial charge in [-0.05, 0) is 12.5 Å². The lowest BCUT2D eigenvalue weighted by Gasteiger charge is -2.07. The first-order valence-corrected chi connectivity index (χ1v) is 4.06. The lowest BCUT2D eigenvalue weighted by Crippen LogP contribution is -2.23. The minimum Gasteiger partial charge on any atom is -0.306 e. The van der Waals surface area contributed by atoms with Crippen LogP contribution >= 0.6 is 0 Å². The maximum absolute atomic E-state index is 3.84. The molecule has 0 saturated carbocycles. The molecule has 1 N–H and O–H groups in total. The van der Waals surface area contributed by atoms with Crippen LogP contribution in [0.1, 0.15) is 5.56 Å². The summed E-state index contributed by atoms with van der Waals surface area (Å²) in [7, 11) is 0. The SMILES string of the molecule is [CH2]C(C=C)NCc1ccccc1. The van der Waals surface area contributed by atoms with Crippen LogP contribution in [0.15, 0.2) is 43.0 Å². The Balaban J connectivity index is 2.38. The van der Waals surface area contributed by atoms with Gasteiger partial charge in [0.15, 0.2) is 0 Å². The first kappa shape index (κ1) is 9.01. The zero-order chi connectivity index (χ0) is 8.81. The van der Waals surface area contributed by atoms with Crippen molar-refractivity contribution in [3.63, 3.8) is 0 Å². The van der Waals surface area contributed by atoms with Crippen LogP contribution in [0.5, 0.6) is 0 Å². The van der Waals surface area contributed by atoms with E-state index >= 15 is 0 Å². The van der Waals surface area contributed by atoms with E-state index in [1.807, 2.05) is 18.2 Å². The first-order chi connectivity index (χ1) is 5.83. The summed E-state index contributed by atoms with van der Waals surface area (Å²) < 4.78 is 0. The third-order valence-corrected chi connectivity index (χ3v) is 1.70. The van der Waals surface area contributed by atoms with E-state index in [0.717, 1.165) is 6.54 Å². The second-order valence-electron chi connectivity index (χ2n) is 2.71. The second kappa shape index (κ2) is 4.73. The van der Waals surface area contributed by atoms with Crippen LogP contribution in [0.3, 0.4) is 0 Å². The van der Waals surface area contributed by atoms with Crippen molar-refractivity contribution in [2.45, 2.75) is 12.6 Å². The van der Waals surface area contributed by atoms with Crippen LogP contribution in [-0.2, 0) is 6.54 Å². The summed E-state index contributed by atoms with van der Waals surface area (Å²) in [6.45, 7) is 8.34. The summed E-state index contributed by atoms with van der Waals surface area (Å²) in [6.07, 6.45) is 1.79. The van der Waals surface area contributed by atoms with Gasteiger partial charge in [-0.1, -0.05) is 36.4 Å². The highest BCUT2D eigenvalue weighted by Gasteiger charge is 1.94. The van der Waals surface area contributed by atoms with E-state index in [0.29, 0.717) is 0 Å². The molecule has 1 nitrogen and oxygen atoms in total. The molecule has 1 aromatic rings. The molecule has 0 heterocycles. The molecule has 0 bridgehead atoms. The van der Waals surface area contributed by atoms with Crippen LogP contribution < -0.4 is 5.32 Å². The summed E-state index contributed by atoms with van der Waals surface area (Å²) in [5, 5.41) is 3.22. The van der Waals surface area contributed by atoms with Gasteiger partial charge in [-0.15, -0.1) is 6.58 Å². The molecule has 0 fully saturated rings. The van der Waals surface area contributed by atoms with Crippen molar-refractivity contribution in [2.75, 3.05) is 0 Å². The molecule has 1 heteroatoms. The van der Waals surface area contributed by atoms with Gasteiger partial charge in [-0.25, -0.2) is 0 Å². The van der Waals surface area contributed by atoms with Gasteiger partial charge in [0.2, 0.25) is 0 Å². The molecule has 0 saturated heterocycles. The molecule has 0 aliphatic heterocycles. The fraction of sp³-hybridized carbons (Fsp3) is 0.182. The third kappa shape index (κ3) is 2.89. The zero-order valence-corrected chi connectivity index (χ0v) is 7.16. The lowest BCUT2D eigenvalue weighted by atomic mass is 10.2. The summed E-state index contributed by atoms with van der Waals surface area (Å²) >= 11 is 0. The largest absolute Gasteiger partial charge is 0.306 e. The topological polar surface area (TPSA) is 12.0 Å². The maximum Gasteiger partial charge on any atom is 0.0251 e. The Bertz CT molecular complexity index is 228. The predicted molar refractivity (Wildman–Crippen MR) is 52.6 cm³/mol. The van der Waals surface area contributed by atoms with E-state index in [2.05, 4.69) is 31.0 Å². The Kier molecular flexibility index (Phi) is 3.55. The van der Waals surface area contributed by atoms with Crippen molar-refractivity contribution in [2.24, 2.45) is 0 Å². The highest BCUT2D eigenvalue weighted by Crippen LogP contribution is 1.97. The van der Waals surface area contributed by atoms with E-state index in [4.69, 9.17) is 0 Å². The molecule has 1 atom stereocenters. The number of rotatable bonds is 4. The van der Waals surface area contributed by atoms with Crippen molar-refractivity contribution in [1.82, 2.24) is 5.32 Å². The van der Waals surface area contributed by atoms with Gasteiger partial charge in [0.05, 0.1) is 0 Å². The van der Waals surface area contributed by atoms with E-state index < -0.39 is 0 Å². The van der Waals surface area contributed by atoms with Gasteiger partial charge in [0, 0.05) is 12.6 Å². The molecule has 0 spiro atoms. The Hall–Kier alpha value is -1.08. The Morgan fingerprint density at radius 2 is 2.00 bits per heavy atom. The third-order valence-electron chi connectivity index (χ3n) is 1.70. The fourth-order valence-corrected chi connectivity index (χ4v) is 0.928. The molecule has 63 valence electrons. The van der Waals surface area contributed by atoms with Crippen molar-refractivity contribution in [3.8, 4) is 0 Å². The number of benzene rings is 1. The van der Waals surface area contributed by atoms with Crippen LogP contribution in [0, 0.1) is 6.92 Å². The van der Waals surface area contributed by atoms with Gasteiger partial charge < -0.3 is 5.32 Å². The Morgan fingerprint density at radius 1 is 1.33 bits per heavy atom. The summed E-state index contributed by atoms with van der Waals surface area (Å²) in [6, 6.07) is 10.4. The molecule has 1 unspecified atom stereocenters. The predicted octanol–water partition coefficient (Wildman–Crippen LogP) is 2.16. The van der Waals surface area contributed by atoms with Crippen molar-refractivity contribution >= 4 is 0 Å². The van der Waals surface area contributed by atoms with Gasteiger partial charge in [0.25, 0.3) is 0 Å². The monoisotopic (exact) mass is 160 g/mol. The second-order valence-corrected chi connectivity index (χ2v) is 2.71. The molecule has 1 radical (unpaired) electrons. The van der Waals surface area contributed by atoms with E-state index in [9.17, 15) is 0 Å². The van der Waals surface area contributed by atoms with Gasteiger partial charge >= 0.3 is 0 Å².